The number of esters is 1. The van der Waals surface area contributed by atoms with Crippen molar-refractivity contribution in [1.29, 1.82) is 0 Å². The Morgan fingerprint density at radius 2 is 2.05 bits per heavy atom. The lowest BCUT2D eigenvalue weighted by Gasteiger charge is -2.07. The summed E-state index contributed by atoms with van der Waals surface area (Å²) in [5.74, 6) is -0.119. The number of rotatable bonds is 10. The Balaban J connectivity index is 2.42. The van der Waals surface area contributed by atoms with Crippen molar-refractivity contribution in [3.8, 4) is 0 Å². The summed E-state index contributed by atoms with van der Waals surface area (Å²) in [6.07, 6.45) is 2.82. The summed E-state index contributed by atoms with van der Waals surface area (Å²) >= 11 is 5.81. The molecule has 0 saturated heterocycles. The second-order valence-corrected chi connectivity index (χ2v) is 5.05. The first-order valence-corrected chi connectivity index (χ1v) is 7.89. The molecule has 1 heterocycles. The fourth-order valence-corrected chi connectivity index (χ4v) is 1.96. The number of hydrogen-bond donors (Lipinski definition) is 3. The number of nitrogens with zero attached hydrogens (tertiary/aromatic N) is 1. The molecule has 1 aromatic heterocycles. The summed E-state index contributed by atoms with van der Waals surface area (Å²) in [5.41, 5.74) is 0.303. The maximum atomic E-state index is 12.1. The van der Waals surface area contributed by atoms with Crippen molar-refractivity contribution in [3.05, 3.63) is 11.0 Å². The van der Waals surface area contributed by atoms with Crippen molar-refractivity contribution < 1.29 is 14.3 Å². The van der Waals surface area contributed by atoms with E-state index in [4.69, 9.17) is 16.3 Å². The SMILES string of the molecule is CCCCNc1nc(Cl)[nH]c1C(=O)NCCCC(=O)OCC. The van der Waals surface area contributed by atoms with E-state index in [1.54, 1.807) is 6.92 Å². The van der Waals surface area contributed by atoms with Gasteiger partial charge in [-0.1, -0.05) is 13.3 Å². The van der Waals surface area contributed by atoms with Crippen LogP contribution in [0.15, 0.2) is 0 Å². The second-order valence-electron chi connectivity index (χ2n) is 4.70. The molecule has 0 aliphatic rings. The maximum absolute atomic E-state index is 12.1. The molecule has 7 nitrogen and oxygen atoms in total. The molecule has 1 rings (SSSR count). The molecular weight excluding hydrogens is 308 g/mol. The molecule has 1 amide bonds. The second kappa shape index (κ2) is 10.0. The van der Waals surface area contributed by atoms with Gasteiger partial charge in [0.1, 0.15) is 5.69 Å². The maximum Gasteiger partial charge on any atom is 0.305 e. The fraction of sp³-hybridized carbons (Fsp3) is 0.643. The Labute approximate surface area is 135 Å². The summed E-state index contributed by atoms with van der Waals surface area (Å²) in [7, 11) is 0. The van der Waals surface area contributed by atoms with Gasteiger partial charge in [-0.2, -0.15) is 0 Å². The molecule has 0 radical (unpaired) electrons. The lowest BCUT2D eigenvalue weighted by atomic mass is 10.3. The number of aromatic amines is 1. The van der Waals surface area contributed by atoms with Crippen LogP contribution >= 0.6 is 11.6 Å². The van der Waals surface area contributed by atoms with Crippen LogP contribution in [0.25, 0.3) is 0 Å². The van der Waals surface area contributed by atoms with E-state index in [0.29, 0.717) is 31.1 Å². The van der Waals surface area contributed by atoms with Crippen molar-refractivity contribution in [2.75, 3.05) is 25.0 Å². The molecule has 22 heavy (non-hydrogen) atoms. The van der Waals surface area contributed by atoms with Crippen LogP contribution in [-0.4, -0.2) is 41.5 Å². The fourth-order valence-electron chi connectivity index (χ4n) is 1.78. The number of aromatic nitrogens is 2. The van der Waals surface area contributed by atoms with E-state index < -0.39 is 0 Å². The third-order valence-electron chi connectivity index (χ3n) is 2.87. The number of hydrogen-bond acceptors (Lipinski definition) is 5. The number of anilines is 1. The highest BCUT2D eigenvalue weighted by Gasteiger charge is 2.16. The molecule has 0 fully saturated rings. The van der Waals surface area contributed by atoms with E-state index in [2.05, 4.69) is 27.5 Å². The Morgan fingerprint density at radius 3 is 2.73 bits per heavy atom. The molecule has 0 unspecified atom stereocenters. The van der Waals surface area contributed by atoms with Crippen LogP contribution in [0, 0.1) is 0 Å². The number of H-pyrrole nitrogens is 1. The van der Waals surface area contributed by atoms with Crippen LogP contribution in [0.2, 0.25) is 5.28 Å². The minimum atomic E-state index is -0.303. The van der Waals surface area contributed by atoms with Crippen LogP contribution in [0.4, 0.5) is 5.82 Å². The smallest absolute Gasteiger partial charge is 0.305 e. The molecule has 0 aromatic carbocycles. The van der Waals surface area contributed by atoms with Gasteiger partial charge in [0.05, 0.1) is 6.61 Å². The van der Waals surface area contributed by atoms with Gasteiger partial charge in [-0.25, -0.2) is 4.98 Å². The largest absolute Gasteiger partial charge is 0.466 e. The Bertz CT molecular complexity index is 490. The van der Waals surface area contributed by atoms with Crippen molar-refractivity contribution >= 4 is 29.3 Å². The average Bonchev–Trinajstić information content (AvgIpc) is 2.85. The first kappa shape index (κ1) is 18.3. The van der Waals surface area contributed by atoms with Crippen LogP contribution in [0.3, 0.4) is 0 Å². The van der Waals surface area contributed by atoms with Crippen molar-refractivity contribution in [2.45, 2.75) is 39.5 Å². The van der Waals surface area contributed by atoms with Gasteiger partial charge in [-0.3, -0.25) is 9.59 Å². The standard InChI is InChI=1S/C14H23ClN4O3/c1-3-5-8-16-12-11(18-14(15)19-12)13(21)17-9-6-7-10(20)22-4-2/h16H,3-9H2,1-2H3,(H,17,21)(H,18,19). The number of halogens is 1. The zero-order chi connectivity index (χ0) is 16.4. The summed E-state index contributed by atoms with van der Waals surface area (Å²) in [5, 5.41) is 5.97. The molecule has 0 spiro atoms. The van der Waals surface area contributed by atoms with Gasteiger partial charge < -0.3 is 20.4 Å². The number of carbonyl (C=O) groups excluding carboxylic acids is 2. The average molecular weight is 331 g/mol. The monoisotopic (exact) mass is 330 g/mol. The van der Waals surface area contributed by atoms with Gasteiger partial charge in [0, 0.05) is 19.5 Å². The van der Waals surface area contributed by atoms with Crippen LogP contribution in [-0.2, 0) is 9.53 Å². The van der Waals surface area contributed by atoms with Gasteiger partial charge in [-0.05, 0) is 31.4 Å². The van der Waals surface area contributed by atoms with Crippen LogP contribution in [0.5, 0.6) is 0 Å². The molecule has 0 saturated carbocycles. The van der Waals surface area contributed by atoms with Gasteiger partial charge >= 0.3 is 5.97 Å². The predicted octanol–water partition coefficient (Wildman–Crippen LogP) is 2.35. The van der Waals surface area contributed by atoms with E-state index in [9.17, 15) is 9.59 Å². The molecule has 0 aliphatic carbocycles. The molecule has 0 atom stereocenters. The molecule has 8 heteroatoms. The summed E-state index contributed by atoms with van der Waals surface area (Å²) in [6.45, 7) is 5.30. The van der Waals surface area contributed by atoms with E-state index in [0.717, 1.165) is 19.4 Å². The van der Waals surface area contributed by atoms with Gasteiger partial charge in [0.15, 0.2) is 5.82 Å². The molecular formula is C14H23ClN4O3. The minimum absolute atomic E-state index is 0.163. The highest BCUT2D eigenvalue weighted by atomic mass is 35.5. The first-order chi connectivity index (χ1) is 10.6. The zero-order valence-electron chi connectivity index (χ0n) is 13.0. The third kappa shape index (κ3) is 6.34. The minimum Gasteiger partial charge on any atom is -0.466 e. The summed E-state index contributed by atoms with van der Waals surface area (Å²) < 4.78 is 4.82. The first-order valence-electron chi connectivity index (χ1n) is 7.51. The lowest BCUT2D eigenvalue weighted by Crippen LogP contribution is -2.26. The van der Waals surface area contributed by atoms with Gasteiger partial charge in [-0.15, -0.1) is 0 Å². The van der Waals surface area contributed by atoms with E-state index in [1.165, 1.54) is 0 Å². The summed E-state index contributed by atoms with van der Waals surface area (Å²) in [6, 6.07) is 0. The van der Waals surface area contributed by atoms with Crippen LogP contribution < -0.4 is 10.6 Å². The highest BCUT2D eigenvalue weighted by Crippen LogP contribution is 2.15. The Hall–Kier alpha value is -1.76. The van der Waals surface area contributed by atoms with Crippen molar-refractivity contribution in [3.63, 3.8) is 0 Å². The predicted molar refractivity (Wildman–Crippen MR) is 85.2 cm³/mol. The normalized spacial score (nSPS) is 10.3. The van der Waals surface area contributed by atoms with E-state index in [1.807, 2.05) is 0 Å². The van der Waals surface area contributed by atoms with Gasteiger partial charge in [0.2, 0.25) is 5.28 Å². The molecule has 124 valence electrons. The van der Waals surface area contributed by atoms with Gasteiger partial charge in [0.25, 0.3) is 5.91 Å². The Morgan fingerprint density at radius 1 is 1.27 bits per heavy atom. The van der Waals surface area contributed by atoms with E-state index in [-0.39, 0.29) is 23.6 Å². The number of nitrogens with one attached hydrogen (secondary N) is 3. The quantitative estimate of drug-likeness (QED) is 0.452. The van der Waals surface area contributed by atoms with E-state index >= 15 is 0 Å². The Kier molecular flexibility index (Phi) is 8.35. The molecule has 0 bridgehead atoms. The summed E-state index contributed by atoms with van der Waals surface area (Å²) in [4.78, 5) is 30.0. The third-order valence-corrected chi connectivity index (χ3v) is 3.05. The number of carbonyl (C=O) groups is 2. The van der Waals surface area contributed by atoms with Crippen molar-refractivity contribution in [2.24, 2.45) is 0 Å². The molecule has 1 aromatic rings. The molecule has 0 aliphatic heterocycles. The number of amides is 1. The highest BCUT2D eigenvalue weighted by molar-refractivity contribution is 6.28. The molecule has 3 N–H and O–H groups in total. The number of ether oxygens (including phenoxy) is 1. The van der Waals surface area contributed by atoms with Crippen molar-refractivity contribution in [1.82, 2.24) is 15.3 Å². The van der Waals surface area contributed by atoms with Crippen LogP contribution in [0.1, 0.15) is 50.0 Å². The number of unbranched alkanes of at least 4 members (excludes halogenated alkanes) is 1. The zero-order valence-corrected chi connectivity index (χ0v) is 13.8. The number of imidazole rings is 1. The lowest BCUT2D eigenvalue weighted by molar-refractivity contribution is -0.143. The topological polar surface area (TPSA) is 96.1 Å².